The van der Waals surface area contributed by atoms with Crippen molar-refractivity contribution in [3.8, 4) is 0 Å². The maximum Gasteiger partial charge on any atom is 0.192 e. The van der Waals surface area contributed by atoms with Crippen LogP contribution in [0.5, 0.6) is 0 Å². The van der Waals surface area contributed by atoms with Crippen molar-refractivity contribution in [2.45, 2.75) is 0 Å². The second-order valence-corrected chi connectivity index (χ2v) is 4.62. The van der Waals surface area contributed by atoms with Gasteiger partial charge in [-0.15, -0.1) is 0 Å². The molecule has 0 aliphatic rings. The molecule has 0 heterocycles. The van der Waals surface area contributed by atoms with E-state index in [2.05, 4.69) is 38.5 Å². The highest BCUT2D eigenvalue weighted by Crippen LogP contribution is 2.24. The number of anilines is 1. The third kappa shape index (κ3) is 2.57. The van der Waals surface area contributed by atoms with E-state index in [1.54, 1.807) is 11.9 Å². The Morgan fingerprint density at radius 2 is 2.23 bits per heavy atom. The molecule has 1 aromatic carbocycles. The Balaban J connectivity index is 3.08. The van der Waals surface area contributed by atoms with Gasteiger partial charge in [-0.3, -0.25) is 5.41 Å². The van der Waals surface area contributed by atoms with Crippen molar-refractivity contribution in [1.29, 1.82) is 5.41 Å². The maximum absolute atomic E-state index is 7.28. The first-order valence-corrected chi connectivity index (χ1v) is 5.42. The average Bonchev–Trinajstić information content (AvgIpc) is 2.03. The van der Waals surface area contributed by atoms with E-state index in [0.29, 0.717) is 0 Å². The fourth-order valence-electron chi connectivity index (χ4n) is 0.883. The lowest BCUT2D eigenvalue weighted by Crippen LogP contribution is -2.33. The Labute approximate surface area is 99.1 Å². The number of rotatable bonds is 1. The number of nitrogens with zero attached hydrogens (tertiary/aromatic N) is 1. The van der Waals surface area contributed by atoms with Crippen molar-refractivity contribution in [1.82, 2.24) is 0 Å². The molecule has 0 radical (unpaired) electrons. The van der Waals surface area contributed by atoms with Gasteiger partial charge in [0.25, 0.3) is 0 Å². The van der Waals surface area contributed by atoms with Crippen LogP contribution in [0.1, 0.15) is 0 Å². The summed E-state index contributed by atoms with van der Waals surface area (Å²) in [6.45, 7) is 0. The lowest BCUT2D eigenvalue weighted by atomic mass is 10.3. The molecule has 0 saturated carbocycles. The molecule has 0 bridgehead atoms. The normalized spacial score (nSPS) is 9.77. The molecule has 0 saturated heterocycles. The van der Waals surface area contributed by atoms with E-state index in [1.165, 1.54) is 0 Å². The smallest absolute Gasteiger partial charge is 0.192 e. The topological polar surface area (TPSA) is 53.1 Å². The van der Waals surface area contributed by atoms with Crippen molar-refractivity contribution < 1.29 is 0 Å². The number of nitrogens with one attached hydrogen (secondary N) is 1. The van der Waals surface area contributed by atoms with Crippen molar-refractivity contribution in [3.63, 3.8) is 0 Å². The Bertz CT molecular complexity index is 340. The molecule has 0 aromatic heterocycles. The first-order chi connectivity index (χ1) is 6.02. The number of hydrogen-bond acceptors (Lipinski definition) is 1. The van der Waals surface area contributed by atoms with Crippen molar-refractivity contribution in [3.05, 3.63) is 26.2 Å². The Kier molecular flexibility index (Phi) is 3.55. The molecule has 1 aromatic rings. The molecule has 70 valence electrons. The summed E-state index contributed by atoms with van der Waals surface area (Å²) in [4.78, 5) is 1.63. The van der Waals surface area contributed by atoms with Gasteiger partial charge in [0.05, 0.1) is 5.69 Å². The largest absolute Gasteiger partial charge is 0.370 e. The fourth-order valence-corrected chi connectivity index (χ4v) is 2.55. The highest BCUT2D eigenvalue weighted by molar-refractivity contribution is 14.1. The van der Waals surface area contributed by atoms with Gasteiger partial charge in [0.15, 0.2) is 5.96 Å². The van der Waals surface area contributed by atoms with Crippen LogP contribution < -0.4 is 10.6 Å². The first kappa shape index (κ1) is 10.8. The van der Waals surface area contributed by atoms with E-state index < -0.39 is 0 Å². The van der Waals surface area contributed by atoms with Crippen LogP contribution in [0.4, 0.5) is 5.69 Å². The van der Waals surface area contributed by atoms with Crippen LogP contribution in [0, 0.1) is 8.98 Å². The second kappa shape index (κ2) is 4.28. The van der Waals surface area contributed by atoms with Crippen LogP contribution >= 0.6 is 38.5 Å². The summed E-state index contributed by atoms with van der Waals surface area (Å²) in [5.41, 5.74) is 6.31. The van der Waals surface area contributed by atoms with E-state index in [0.717, 1.165) is 13.7 Å². The zero-order valence-corrected chi connectivity index (χ0v) is 10.8. The standard InChI is InChI=1S/C8H9BrIN3/c1-13(8(11)12)7-3-2-5(9)4-6(7)10/h2-4H,1H3,(H3,11,12). The van der Waals surface area contributed by atoms with E-state index in [4.69, 9.17) is 11.1 Å². The molecule has 1 rings (SSSR count). The molecule has 0 unspecified atom stereocenters. The monoisotopic (exact) mass is 353 g/mol. The van der Waals surface area contributed by atoms with Gasteiger partial charge in [0, 0.05) is 15.1 Å². The van der Waals surface area contributed by atoms with E-state index in [-0.39, 0.29) is 5.96 Å². The zero-order chi connectivity index (χ0) is 10.0. The van der Waals surface area contributed by atoms with Gasteiger partial charge >= 0.3 is 0 Å². The minimum Gasteiger partial charge on any atom is -0.370 e. The van der Waals surface area contributed by atoms with Crippen LogP contribution in [0.3, 0.4) is 0 Å². The Morgan fingerprint density at radius 3 is 2.69 bits per heavy atom. The van der Waals surface area contributed by atoms with Gasteiger partial charge in [-0.2, -0.15) is 0 Å². The molecule has 0 amide bonds. The Morgan fingerprint density at radius 1 is 1.62 bits per heavy atom. The first-order valence-electron chi connectivity index (χ1n) is 3.55. The number of nitrogens with two attached hydrogens (primary N) is 1. The molecule has 0 atom stereocenters. The highest BCUT2D eigenvalue weighted by atomic mass is 127. The number of hydrogen-bond donors (Lipinski definition) is 2. The van der Waals surface area contributed by atoms with Crippen LogP contribution in [0.25, 0.3) is 0 Å². The maximum atomic E-state index is 7.28. The zero-order valence-electron chi connectivity index (χ0n) is 7.01. The third-order valence-electron chi connectivity index (χ3n) is 1.63. The van der Waals surface area contributed by atoms with E-state index in [9.17, 15) is 0 Å². The van der Waals surface area contributed by atoms with Crippen molar-refractivity contribution >= 4 is 50.2 Å². The lowest BCUT2D eigenvalue weighted by Gasteiger charge is -2.18. The summed E-state index contributed by atoms with van der Waals surface area (Å²) in [5, 5.41) is 7.28. The Hall–Kier alpha value is -0.300. The van der Waals surface area contributed by atoms with Crippen molar-refractivity contribution in [2.75, 3.05) is 11.9 Å². The summed E-state index contributed by atoms with van der Waals surface area (Å²) in [6, 6.07) is 5.83. The second-order valence-electron chi connectivity index (χ2n) is 2.54. The summed E-state index contributed by atoms with van der Waals surface area (Å²) < 4.78 is 2.09. The lowest BCUT2D eigenvalue weighted by molar-refractivity contribution is 1.19. The molecular formula is C8H9BrIN3. The van der Waals surface area contributed by atoms with Gasteiger partial charge in [0.2, 0.25) is 0 Å². The van der Waals surface area contributed by atoms with Gasteiger partial charge < -0.3 is 10.6 Å². The quantitative estimate of drug-likeness (QED) is 0.462. The number of guanidine groups is 1. The van der Waals surface area contributed by atoms with E-state index >= 15 is 0 Å². The van der Waals surface area contributed by atoms with Crippen LogP contribution in [0.15, 0.2) is 22.7 Å². The average molecular weight is 354 g/mol. The molecular weight excluding hydrogens is 345 g/mol. The predicted molar refractivity (Wildman–Crippen MR) is 67.2 cm³/mol. The molecule has 3 N–H and O–H groups in total. The predicted octanol–water partition coefficient (Wildman–Crippen LogP) is 2.38. The van der Waals surface area contributed by atoms with Crippen LogP contribution in [0.2, 0.25) is 0 Å². The molecule has 0 spiro atoms. The SMILES string of the molecule is CN(C(=N)N)c1ccc(Br)cc1I. The molecule has 0 aliphatic carbocycles. The van der Waals surface area contributed by atoms with Gasteiger partial charge in [-0.25, -0.2) is 0 Å². The van der Waals surface area contributed by atoms with Gasteiger partial charge in [-0.1, -0.05) is 15.9 Å². The molecule has 13 heavy (non-hydrogen) atoms. The van der Waals surface area contributed by atoms with Gasteiger partial charge in [-0.05, 0) is 40.8 Å². The highest BCUT2D eigenvalue weighted by Gasteiger charge is 2.07. The minimum absolute atomic E-state index is 0.0419. The minimum atomic E-state index is 0.0419. The number of benzene rings is 1. The number of halogens is 2. The molecule has 5 heteroatoms. The van der Waals surface area contributed by atoms with Crippen molar-refractivity contribution in [2.24, 2.45) is 5.73 Å². The summed E-state index contributed by atoms with van der Waals surface area (Å²) in [7, 11) is 1.77. The summed E-state index contributed by atoms with van der Waals surface area (Å²) in [6.07, 6.45) is 0. The van der Waals surface area contributed by atoms with Crippen LogP contribution in [-0.2, 0) is 0 Å². The summed E-state index contributed by atoms with van der Waals surface area (Å²) in [5.74, 6) is 0.0419. The third-order valence-corrected chi connectivity index (χ3v) is 2.99. The van der Waals surface area contributed by atoms with E-state index in [1.807, 2.05) is 18.2 Å². The molecule has 0 fully saturated rings. The summed E-state index contributed by atoms with van der Waals surface area (Å²) >= 11 is 5.58. The van der Waals surface area contributed by atoms with Gasteiger partial charge in [0.1, 0.15) is 0 Å². The fraction of sp³-hybridized carbons (Fsp3) is 0.125. The molecule has 0 aliphatic heterocycles. The molecule has 3 nitrogen and oxygen atoms in total. The van der Waals surface area contributed by atoms with Crippen LogP contribution in [-0.4, -0.2) is 13.0 Å².